The maximum atomic E-state index is 10.6. The van der Waals surface area contributed by atoms with Crippen LogP contribution in [0.5, 0.6) is 0 Å². The SMILES string of the molecule is COCC1CC2(CCN(Cc3ccc(C)o3)CC2)CN1C(C)C.O=C(O)C(F)(F)F.O=C(O)C(F)(F)F. The highest BCUT2D eigenvalue weighted by Gasteiger charge is 2.46. The molecular weight excluding hydrogens is 514 g/mol. The van der Waals surface area contributed by atoms with Crippen molar-refractivity contribution in [2.75, 3.05) is 33.4 Å². The number of likely N-dealkylation sites (tertiary alicyclic amines) is 2. The van der Waals surface area contributed by atoms with E-state index in [0.717, 1.165) is 24.7 Å². The van der Waals surface area contributed by atoms with Crippen molar-refractivity contribution in [3.05, 3.63) is 23.7 Å². The van der Waals surface area contributed by atoms with Crippen LogP contribution in [0.4, 0.5) is 26.3 Å². The first-order chi connectivity index (χ1) is 16.9. The molecule has 3 rings (SSSR count). The molecule has 1 aromatic rings. The third kappa shape index (κ3) is 10.9. The summed E-state index contributed by atoms with van der Waals surface area (Å²) in [4.78, 5) is 23.0. The number of hydrogen-bond acceptors (Lipinski definition) is 6. The smallest absolute Gasteiger partial charge is 0.475 e. The largest absolute Gasteiger partial charge is 0.490 e. The van der Waals surface area contributed by atoms with E-state index < -0.39 is 24.3 Å². The zero-order chi connectivity index (χ0) is 28.6. The number of rotatable bonds is 5. The van der Waals surface area contributed by atoms with E-state index in [2.05, 4.69) is 35.8 Å². The predicted molar refractivity (Wildman–Crippen MR) is 120 cm³/mol. The molecular formula is C23H34F6N2O6. The second-order valence-corrected chi connectivity index (χ2v) is 9.47. The number of carboxylic acids is 2. The van der Waals surface area contributed by atoms with Crippen molar-refractivity contribution in [1.82, 2.24) is 9.80 Å². The molecule has 214 valence electrons. The van der Waals surface area contributed by atoms with E-state index in [1.807, 2.05) is 14.0 Å². The van der Waals surface area contributed by atoms with Crippen molar-refractivity contribution in [3.8, 4) is 0 Å². The Morgan fingerprint density at radius 2 is 1.57 bits per heavy atom. The molecule has 0 saturated carbocycles. The average Bonchev–Trinajstić information content (AvgIpc) is 3.33. The number of alkyl halides is 6. The second-order valence-electron chi connectivity index (χ2n) is 9.47. The fraction of sp³-hybridized carbons (Fsp3) is 0.739. The van der Waals surface area contributed by atoms with Crippen LogP contribution in [-0.2, 0) is 20.9 Å². The molecule has 2 saturated heterocycles. The number of piperidine rings is 1. The molecule has 0 amide bonds. The Balaban J connectivity index is 0.000000404. The fourth-order valence-corrected chi connectivity index (χ4v) is 4.49. The van der Waals surface area contributed by atoms with E-state index >= 15 is 0 Å². The zero-order valence-electron chi connectivity index (χ0n) is 21.2. The quantitative estimate of drug-likeness (QED) is 0.516. The van der Waals surface area contributed by atoms with Crippen molar-refractivity contribution in [2.45, 2.75) is 71.0 Å². The summed E-state index contributed by atoms with van der Waals surface area (Å²) in [5.41, 5.74) is 0.503. The van der Waals surface area contributed by atoms with Gasteiger partial charge in [-0.1, -0.05) is 0 Å². The number of furan rings is 1. The number of nitrogens with zero attached hydrogens (tertiary/aromatic N) is 2. The average molecular weight is 549 g/mol. The van der Waals surface area contributed by atoms with Crippen LogP contribution >= 0.6 is 0 Å². The Labute approximate surface area is 211 Å². The van der Waals surface area contributed by atoms with Crippen LogP contribution in [0.1, 0.15) is 44.6 Å². The Bertz CT molecular complexity index is 839. The van der Waals surface area contributed by atoms with Gasteiger partial charge < -0.3 is 19.4 Å². The molecule has 0 radical (unpaired) electrons. The molecule has 8 nitrogen and oxygen atoms in total. The van der Waals surface area contributed by atoms with Gasteiger partial charge in [-0.25, -0.2) is 9.59 Å². The maximum absolute atomic E-state index is 10.6. The van der Waals surface area contributed by atoms with Crippen LogP contribution in [-0.4, -0.2) is 89.7 Å². The van der Waals surface area contributed by atoms with Gasteiger partial charge >= 0.3 is 24.3 Å². The lowest BCUT2D eigenvalue weighted by Crippen LogP contribution is -2.42. The Kier molecular flexibility index (Phi) is 11.9. The molecule has 0 aromatic carbocycles. The summed E-state index contributed by atoms with van der Waals surface area (Å²) in [7, 11) is 1.83. The van der Waals surface area contributed by atoms with E-state index in [4.69, 9.17) is 29.0 Å². The summed E-state index contributed by atoms with van der Waals surface area (Å²) in [6.45, 7) is 12.1. The predicted octanol–water partition coefficient (Wildman–Crippen LogP) is 4.57. The van der Waals surface area contributed by atoms with Gasteiger partial charge in [0.1, 0.15) is 11.5 Å². The Morgan fingerprint density at radius 1 is 1.08 bits per heavy atom. The number of carboxylic acid groups (broad SMARTS) is 2. The minimum absolute atomic E-state index is 0.503. The zero-order valence-corrected chi connectivity index (χ0v) is 21.2. The summed E-state index contributed by atoms with van der Waals surface area (Å²) in [5.74, 6) is -3.40. The number of hydrogen-bond donors (Lipinski definition) is 2. The van der Waals surface area contributed by atoms with Gasteiger partial charge in [0, 0.05) is 25.7 Å². The third-order valence-electron chi connectivity index (χ3n) is 6.26. The Hall–Kier alpha value is -2.32. The molecule has 0 aliphatic carbocycles. The highest BCUT2D eigenvalue weighted by molar-refractivity contribution is 5.73. The number of ether oxygens (including phenoxy) is 1. The fourth-order valence-electron chi connectivity index (χ4n) is 4.49. The minimum atomic E-state index is -5.08. The lowest BCUT2D eigenvalue weighted by atomic mass is 9.76. The molecule has 2 aliphatic heterocycles. The van der Waals surface area contributed by atoms with E-state index in [1.54, 1.807) is 0 Å². The van der Waals surface area contributed by atoms with Crippen molar-refractivity contribution >= 4 is 11.9 Å². The van der Waals surface area contributed by atoms with Crippen molar-refractivity contribution < 1.29 is 55.3 Å². The van der Waals surface area contributed by atoms with Gasteiger partial charge in [-0.3, -0.25) is 9.80 Å². The first kappa shape index (κ1) is 32.7. The highest BCUT2D eigenvalue weighted by Crippen LogP contribution is 2.44. The van der Waals surface area contributed by atoms with Crippen LogP contribution in [0.25, 0.3) is 0 Å². The first-order valence-corrected chi connectivity index (χ1v) is 11.5. The van der Waals surface area contributed by atoms with Crippen molar-refractivity contribution in [1.29, 1.82) is 0 Å². The Morgan fingerprint density at radius 3 is 1.92 bits per heavy atom. The summed E-state index contributed by atoms with van der Waals surface area (Å²) in [6.07, 6.45) is -6.26. The van der Waals surface area contributed by atoms with Gasteiger partial charge in [-0.15, -0.1) is 0 Å². The number of aryl methyl sites for hydroxylation is 1. The molecule has 1 atom stereocenters. The highest BCUT2D eigenvalue weighted by atomic mass is 19.4. The van der Waals surface area contributed by atoms with Gasteiger partial charge in [0.05, 0.1) is 13.2 Å². The normalized spacial score (nSPS) is 20.2. The van der Waals surface area contributed by atoms with Gasteiger partial charge in [-0.05, 0) is 70.7 Å². The summed E-state index contributed by atoms with van der Waals surface area (Å²) in [5, 5.41) is 14.2. The van der Waals surface area contributed by atoms with Gasteiger partial charge in [0.15, 0.2) is 0 Å². The molecule has 1 spiro atoms. The number of halogens is 6. The van der Waals surface area contributed by atoms with Gasteiger partial charge in [0.2, 0.25) is 0 Å². The lowest BCUT2D eigenvalue weighted by Gasteiger charge is -2.39. The molecule has 2 aliphatic rings. The van der Waals surface area contributed by atoms with Crippen LogP contribution in [0.15, 0.2) is 16.5 Å². The van der Waals surface area contributed by atoms with Crippen molar-refractivity contribution in [2.24, 2.45) is 5.41 Å². The molecule has 2 N–H and O–H groups in total. The van der Waals surface area contributed by atoms with E-state index in [0.29, 0.717) is 17.5 Å². The summed E-state index contributed by atoms with van der Waals surface area (Å²) < 4.78 is 74.7. The second kappa shape index (κ2) is 13.5. The van der Waals surface area contributed by atoms with Crippen LogP contribution < -0.4 is 0 Å². The molecule has 0 bridgehead atoms. The lowest BCUT2D eigenvalue weighted by molar-refractivity contribution is -0.193. The number of carbonyl (C=O) groups is 2. The summed E-state index contributed by atoms with van der Waals surface area (Å²) >= 11 is 0. The topological polar surface area (TPSA) is 103 Å². The van der Waals surface area contributed by atoms with Gasteiger partial charge in [0.25, 0.3) is 0 Å². The monoisotopic (exact) mass is 548 g/mol. The van der Waals surface area contributed by atoms with Gasteiger partial charge in [-0.2, -0.15) is 26.3 Å². The van der Waals surface area contributed by atoms with E-state index in [1.165, 1.54) is 38.9 Å². The molecule has 1 aromatic heterocycles. The molecule has 37 heavy (non-hydrogen) atoms. The standard InChI is InChI=1S/C19H32N2O2.2C2HF3O2/c1-15(2)21-14-19(11-17(21)13-22-4)7-9-20(10-8-19)12-18-6-5-16(3)23-18;2*3-2(4,5)1(6)7/h5-6,15,17H,7-14H2,1-4H3;2*(H,6,7). The minimum Gasteiger partial charge on any atom is -0.475 e. The maximum Gasteiger partial charge on any atom is 0.490 e. The van der Waals surface area contributed by atoms with E-state index in [-0.39, 0.29) is 0 Å². The molecule has 3 heterocycles. The van der Waals surface area contributed by atoms with Crippen LogP contribution in [0, 0.1) is 12.3 Å². The summed E-state index contributed by atoms with van der Waals surface area (Å²) in [6, 6.07) is 5.38. The van der Waals surface area contributed by atoms with E-state index in [9.17, 15) is 26.3 Å². The third-order valence-corrected chi connectivity index (χ3v) is 6.26. The van der Waals surface area contributed by atoms with Crippen LogP contribution in [0.3, 0.4) is 0 Å². The van der Waals surface area contributed by atoms with Crippen LogP contribution in [0.2, 0.25) is 0 Å². The first-order valence-electron chi connectivity index (χ1n) is 11.5. The molecule has 14 heteroatoms. The number of methoxy groups -OCH3 is 1. The number of aliphatic carboxylic acids is 2. The van der Waals surface area contributed by atoms with Crippen molar-refractivity contribution in [3.63, 3.8) is 0 Å². The molecule has 2 fully saturated rings. The molecule has 1 unspecified atom stereocenters.